The lowest BCUT2D eigenvalue weighted by atomic mass is 10.1. The molecule has 0 aliphatic carbocycles. The molecule has 136 valence electrons. The van der Waals surface area contributed by atoms with Crippen LogP contribution in [0.2, 0.25) is 0 Å². The van der Waals surface area contributed by atoms with E-state index in [9.17, 15) is 18.0 Å². The van der Waals surface area contributed by atoms with E-state index in [4.69, 9.17) is 0 Å². The third-order valence-corrected chi connectivity index (χ3v) is 6.68. The van der Waals surface area contributed by atoms with Gasteiger partial charge in [-0.15, -0.1) is 0 Å². The summed E-state index contributed by atoms with van der Waals surface area (Å²) in [6.07, 6.45) is 2.03. The minimum absolute atomic E-state index is 0.0607. The first-order chi connectivity index (χ1) is 11.9. The average Bonchev–Trinajstić information content (AvgIpc) is 3.02. The van der Waals surface area contributed by atoms with Crippen LogP contribution >= 0.6 is 0 Å². The molecule has 2 aliphatic rings. The van der Waals surface area contributed by atoms with Gasteiger partial charge in [0.25, 0.3) is 0 Å². The standard InChI is InChI=1S/C17H23N3O4S/c1-12-2-4-14(5-3-12)25(23,24)20-10-8-13(9-11-20)18-17(22)15-6-7-16(21)19-15/h2-5,13,15H,6-11H2,1H3,(H,18,22)(H,19,21)/t15-/m0/s1. The van der Waals surface area contributed by atoms with Crippen LogP contribution in [-0.2, 0) is 19.6 Å². The van der Waals surface area contributed by atoms with Crippen molar-refractivity contribution in [2.24, 2.45) is 0 Å². The van der Waals surface area contributed by atoms with Gasteiger partial charge in [0.05, 0.1) is 4.90 Å². The summed E-state index contributed by atoms with van der Waals surface area (Å²) in [5, 5.41) is 5.57. The molecule has 2 aliphatic heterocycles. The highest BCUT2D eigenvalue weighted by Gasteiger charge is 2.32. The van der Waals surface area contributed by atoms with E-state index in [2.05, 4.69) is 10.6 Å². The van der Waals surface area contributed by atoms with Crippen molar-refractivity contribution in [1.29, 1.82) is 0 Å². The fourth-order valence-electron chi connectivity index (χ4n) is 3.21. The van der Waals surface area contributed by atoms with E-state index in [1.54, 1.807) is 24.3 Å². The Hall–Kier alpha value is -1.93. The summed E-state index contributed by atoms with van der Waals surface area (Å²) in [5.74, 6) is -0.273. The number of hydrogen-bond acceptors (Lipinski definition) is 4. The Kier molecular flexibility index (Phi) is 5.10. The molecular formula is C17H23N3O4S. The normalized spacial score (nSPS) is 22.6. The molecule has 2 amide bonds. The molecule has 2 saturated heterocycles. The Morgan fingerprint density at radius 2 is 1.80 bits per heavy atom. The van der Waals surface area contributed by atoms with Gasteiger partial charge in [-0.25, -0.2) is 8.42 Å². The second-order valence-electron chi connectivity index (χ2n) is 6.66. The molecule has 2 fully saturated rings. The number of sulfonamides is 1. The van der Waals surface area contributed by atoms with Crippen LogP contribution in [0.3, 0.4) is 0 Å². The Balaban J connectivity index is 1.55. The van der Waals surface area contributed by atoms with Crippen LogP contribution in [0.25, 0.3) is 0 Å². The van der Waals surface area contributed by atoms with Crippen LogP contribution in [0.4, 0.5) is 0 Å². The molecule has 1 atom stereocenters. The summed E-state index contributed by atoms with van der Waals surface area (Å²) in [6, 6.07) is 6.31. The van der Waals surface area contributed by atoms with Gasteiger partial charge in [0.1, 0.15) is 6.04 Å². The van der Waals surface area contributed by atoms with Crippen LogP contribution in [0.5, 0.6) is 0 Å². The van der Waals surface area contributed by atoms with E-state index in [1.807, 2.05) is 6.92 Å². The Morgan fingerprint density at radius 1 is 1.16 bits per heavy atom. The molecule has 1 aromatic rings. The van der Waals surface area contributed by atoms with Gasteiger partial charge in [-0.1, -0.05) is 17.7 Å². The molecule has 0 unspecified atom stereocenters. The summed E-state index contributed by atoms with van der Waals surface area (Å²) >= 11 is 0. The average molecular weight is 365 g/mol. The largest absolute Gasteiger partial charge is 0.351 e. The Bertz CT molecular complexity index is 753. The fourth-order valence-corrected chi connectivity index (χ4v) is 4.68. The first kappa shape index (κ1) is 17.9. The molecule has 1 aromatic carbocycles. The molecule has 2 heterocycles. The van der Waals surface area contributed by atoms with E-state index in [-0.39, 0.29) is 17.9 Å². The number of nitrogens with one attached hydrogen (secondary N) is 2. The van der Waals surface area contributed by atoms with E-state index in [1.165, 1.54) is 4.31 Å². The second kappa shape index (κ2) is 7.13. The molecule has 3 rings (SSSR count). The maximum Gasteiger partial charge on any atom is 0.243 e. The zero-order valence-electron chi connectivity index (χ0n) is 14.2. The van der Waals surface area contributed by atoms with Crippen LogP contribution in [0.15, 0.2) is 29.2 Å². The van der Waals surface area contributed by atoms with Crippen molar-refractivity contribution >= 4 is 21.8 Å². The predicted octanol–water partition coefficient (Wildman–Crippen LogP) is 0.543. The lowest BCUT2D eigenvalue weighted by molar-refractivity contribution is -0.126. The summed E-state index contributed by atoms with van der Waals surface area (Å²) in [6.45, 7) is 2.66. The molecule has 0 bridgehead atoms. The first-order valence-corrected chi connectivity index (χ1v) is 9.97. The van der Waals surface area contributed by atoms with Crippen LogP contribution in [-0.4, -0.2) is 49.7 Å². The number of carbonyl (C=O) groups is 2. The maximum atomic E-state index is 12.7. The molecule has 0 aromatic heterocycles. The van der Waals surface area contributed by atoms with Crippen LogP contribution in [0.1, 0.15) is 31.2 Å². The highest BCUT2D eigenvalue weighted by molar-refractivity contribution is 7.89. The van der Waals surface area contributed by atoms with E-state index >= 15 is 0 Å². The number of aryl methyl sites for hydroxylation is 1. The van der Waals surface area contributed by atoms with Crippen molar-refractivity contribution in [3.05, 3.63) is 29.8 Å². The van der Waals surface area contributed by atoms with Gasteiger partial charge in [-0.2, -0.15) is 4.31 Å². The van der Waals surface area contributed by atoms with Gasteiger partial charge in [0, 0.05) is 25.6 Å². The lowest BCUT2D eigenvalue weighted by Crippen LogP contribution is -2.50. The third-order valence-electron chi connectivity index (χ3n) is 4.77. The zero-order valence-corrected chi connectivity index (χ0v) is 15.0. The van der Waals surface area contributed by atoms with Gasteiger partial charge in [-0.05, 0) is 38.3 Å². The molecular weight excluding hydrogens is 342 g/mol. The van der Waals surface area contributed by atoms with E-state index in [0.29, 0.717) is 43.7 Å². The quantitative estimate of drug-likeness (QED) is 0.814. The number of nitrogens with zero attached hydrogens (tertiary/aromatic N) is 1. The number of amides is 2. The van der Waals surface area contributed by atoms with E-state index in [0.717, 1.165) is 5.56 Å². The van der Waals surface area contributed by atoms with Gasteiger partial charge < -0.3 is 10.6 Å². The van der Waals surface area contributed by atoms with Gasteiger partial charge >= 0.3 is 0 Å². The minimum Gasteiger partial charge on any atom is -0.351 e. The Morgan fingerprint density at radius 3 is 2.36 bits per heavy atom. The van der Waals surface area contributed by atoms with Crippen molar-refractivity contribution in [2.75, 3.05) is 13.1 Å². The van der Waals surface area contributed by atoms with Gasteiger partial charge in [-0.3, -0.25) is 9.59 Å². The molecule has 8 heteroatoms. The van der Waals surface area contributed by atoms with Crippen LogP contribution in [0, 0.1) is 6.92 Å². The van der Waals surface area contributed by atoms with E-state index < -0.39 is 16.1 Å². The first-order valence-electron chi connectivity index (χ1n) is 8.53. The third kappa shape index (κ3) is 4.01. The van der Waals surface area contributed by atoms with Crippen molar-refractivity contribution < 1.29 is 18.0 Å². The number of hydrogen-bond donors (Lipinski definition) is 2. The van der Waals surface area contributed by atoms with Crippen molar-refractivity contribution in [3.8, 4) is 0 Å². The fraction of sp³-hybridized carbons (Fsp3) is 0.529. The maximum absolute atomic E-state index is 12.7. The number of rotatable bonds is 4. The van der Waals surface area contributed by atoms with Gasteiger partial charge in [0.15, 0.2) is 0 Å². The Labute approximate surface area is 147 Å². The smallest absolute Gasteiger partial charge is 0.243 e. The highest BCUT2D eigenvalue weighted by Crippen LogP contribution is 2.21. The topological polar surface area (TPSA) is 95.6 Å². The lowest BCUT2D eigenvalue weighted by Gasteiger charge is -2.32. The summed E-state index contributed by atoms with van der Waals surface area (Å²) in [5.41, 5.74) is 1.01. The summed E-state index contributed by atoms with van der Waals surface area (Å²) in [7, 11) is -3.49. The van der Waals surface area contributed by atoms with Crippen LogP contribution < -0.4 is 10.6 Å². The minimum atomic E-state index is -3.49. The second-order valence-corrected chi connectivity index (χ2v) is 8.60. The summed E-state index contributed by atoms with van der Waals surface area (Å²) < 4.78 is 26.8. The summed E-state index contributed by atoms with van der Waals surface area (Å²) in [4.78, 5) is 23.6. The van der Waals surface area contributed by atoms with Crippen molar-refractivity contribution in [3.63, 3.8) is 0 Å². The monoisotopic (exact) mass is 365 g/mol. The van der Waals surface area contributed by atoms with Crippen molar-refractivity contribution in [1.82, 2.24) is 14.9 Å². The number of benzene rings is 1. The molecule has 0 spiro atoms. The molecule has 7 nitrogen and oxygen atoms in total. The SMILES string of the molecule is Cc1ccc(S(=O)(=O)N2CCC(NC(=O)[C@@H]3CCC(=O)N3)CC2)cc1. The molecule has 0 saturated carbocycles. The molecule has 2 N–H and O–H groups in total. The molecule has 25 heavy (non-hydrogen) atoms. The highest BCUT2D eigenvalue weighted by atomic mass is 32.2. The zero-order chi connectivity index (χ0) is 18.0. The molecule has 0 radical (unpaired) electrons. The number of carbonyl (C=O) groups excluding carboxylic acids is 2. The predicted molar refractivity (Wildman–Crippen MR) is 92.3 cm³/mol. The van der Waals surface area contributed by atoms with Crippen molar-refractivity contribution in [2.45, 2.75) is 49.6 Å². The number of piperidine rings is 1. The van der Waals surface area contributed by atoms with Gasteiger partial charge in [0.2, 0.25) is 21.8 Å².